The van der Waals surface area contributed by atoms with E-state index in [-0.39, 0.29) is 5.91 Å². The van der Waals surface area contributed by atoms with Crippen molar-refractivity contribution in [2.24, 2.45) is 7.05 Å². The molecule has 25 heavy (non-hydrogen) atoms. The number of hydrogen-bond donors (Lipinski definition) is 1. The van der Waals surface area contributed by atoms with Gasteiger partial charge in [-0.25, -0.2) is 4.98 Å². The summed E-state index contributed by atoms with van der Waals surface area (Å²) in [6.07, 6.45) is 0. The van der Waals surface area contributed by atoms with Crippen LogP contribution >= 0.6 is 0 Å². The lowest BCUT2D eigenvalue weighted by molar-refractivity contribution is 0.0942. The van der Waals surface area contributed by atoms with Crippen molar-refractivity contribution in [3.63, 3.8) is 0 Å². The lowest BCUT2D eigenvalue weighted by atomic mass is 10.2. The number of hydrogen-bond acceptors (Lipinski definition) is 4. The van der Waals surface area contributed by atoms with Crippen molar-refractivity contribution in [1.29, 1.82) is 0 Å². The summed E-state index contributed by atoms with van der Waals surface area (Å²) in [5.41, 5.74) is 2.45. The van der Waals surface area contributed by atoms with Crippen LogP contribution in [0, 0.1) is 0 Å². The molecule has 2 aromatic carbocycles. The van der Waals surface area contributed by atoms with Gasteiger partial charge in [-0.15, -0.1) is 0 Å². The summed E-state index contributed by atoms with van der Waals surface area (Å²) in [5.74, 6) is 1.15. The van der Waals surface area contributed by atoms with E-state index < -0.39 is 0 Å². The third-order valence-electron chi connectivity index (χ3n) is 3.96. The molecular weight excluding hydrogens is 318 g/mol. The SMILES string of the molecule is COCCOc1ccccc1C(=O)NCc1nc2ccccc2n1C. The Morgan fingerprint density at radius 3 is 2.68 bits per heavy atom. The number of carbonyl (C=O) groups excluding carboxylic acids is 1. The molecule has 3 aromatic rings. The van der Waals surface area contributed by atoms with Gasteiger partial charge in [0, 0.05) is 14.2 Å². The van der Waals surface area contributed by atoms with Crippen LogP contribution in [0.5, 0.6) is 5.75 Å². The number of aromatic nitrogens is 2. The third-order valence-corrected chi connectivity index (χ3v) is 3.96. The van der Waals surface area contributed by atoms with Crippen molar-refractivity contribution in [2.45, 2.75) is 6.54 Å². The smallest absolute Gasteiger partial charge is 0.255 e. The molecule has 0 saturated carbocycles. The van der Waals surface area contributed by atoms with Crippen LogP contribution in [0.2, 0.25) is 0 Å². The minimum absolute atomic E-state index is 0.194. The molecule has 0 spiro atoms. The quantitative estimate of drug-likeness (QED) is 0.672. The predicted octanol–water partition coefficient (Wildman–Crippen LogP) is 2.53. The number of aryl methyl sites for hydroxylation is 1. The number of nitrogens with one attached hydrogen (secondary N) is 1. The normalized spacial score (nSPS) is 10.8. The van der Waals surface area contributed by atoms with E-state index in [0.29, 0.717) is 31.1 Å². The summed E-state index contributed by atoms with van der Waals surface area (Å²) in [4.78, 5) is 17.1. The van der Waals surface area contributed by atoms with E-state index in [9.17, 15) is 4.79 Å². The summed E-state index contributed by atoms with van der Waals surface area (Å²) in [7, 11) is 3.55. The van der Waals surface area contributed by atoms with Crippen molar-refractivity contribution >= 4 is 16.9 Å². The van der Waals surface area contributed by atoms with Crippen LogP contribution in [-0.4, -0.2) is 35.8 Å². The van der Waals surface area contributed by atoms with Crippen LogP contribution in [0.1, 0.15) is 16.2 Å². The van der Waals surface area contributed by atoms with Gasteiger partial charge in [-0.3, -0.25) is 4.79 Å². The largest absolute Gasteiger partial charge is 0.490 e. The highest BCUT2D eigenvalue weighted by atomic mass is 16.5. The van der Waals surface area contributed by atoms with Gasteiger partial charge in [0.2, 0.25) is 0 Å². The van der Waals surface area contributed by atoms with Crippen LogP contribution in [0.15, 0.2) is 48.5 Å². The fraction of sp³-hybridized carbons (Fsp3) is 0.263. The number of benzene rings is 2. The van der Waals surface area contributed by atoms with E-state index in [1.165, 1.54) is 0 Å². The first-order valence-corrected chi connectivity index (χ1v) is 8.10. The first-order chi connectivity index (χ1) is 12.2. The van der Waals surface area contributed by atoms with E-state index in [2.05, 4.69) is 10.3 Å². The van der Waals surface area contributed by atoms with E-state index in [1.807, 2.05) is 48.0 Å². The first-order valence-electron chi connectivity index (χ1n) is 8.10. The highest BCUT2D eigenvalue weighted by Crippen LogP contribution is 2.18. The number of nitrogens with zero attached hydrogens (tertiary/aromatic N) is 2. The number of methoxy groups -OCH3 is 1. The molecule has 0 unspecified atom stereocenters. The molecule has 0 bridgehead atoms. The van der Waals surface area contributed by atoms with Gasteiger partial charge in [-0.1, -0.05) is 24.3 Å². The monoisotopic (exact) mass is 339 g/mol. The van der Waals surface area contributed by atoms with Crippen LogP contribution in [-0.2, 0) is 18.3 Å². The molecule has 1 heterocycles. The molecular formula is C19H21N3O3. The zero-order valence-electron chi connectivity index (χ0n) is 14.4. The van der Waals surface area contributed by atoms with Crippen molar-refractivity contribution in [1.82, 2.24) is 14.9 Å². The topological polar surface area (TPSA) is 65.4 Å². The van der Waals surface area contributed by atoms with Crippen LogP contribution in [0.4, 0.5) is 0 Å². The van der Waals surface area contributed by atoms with E-state index in [1.54, 1.807) is 19.2 Å². The van der Waals surface area contributed by atoms with Gasteiger partial charge < -0.3 is 19.4 Å². The summed E-state index contributed by atoms with van der Waals surface area (Å²) in [6.45, 7) is 1.21. The molecule has 0 atom stereocenters. The Morgan fingerprint density at radius 1 is 1.12 bits per heavy atom. The first kappa shape index (κ1) is 17.0. The zero-order chi connectivity index (χ0) is 17.6. The molecule has 0 aliphatic carbocycles. The number of ether oxygens (including phenoxy) is 2. The van der Waals surface area contributed by atoms with Gasteiger partial charge in [-0.2, -0.15) is 0 Å². The molecule has 1 aromatic heterocycles. The number of fused-ring (bicyclic) bond motifs is 1. The van der Waals surface area contributed by atoms with Crippen LogP contribution < -0.4 is 10.1 Å². The molecule has 6 nitrogen and oxygen atoms in total. The lowest BCUT2D eigenvalue weighted by Crippen LogP contribution is -2.25. The van der Waals surface area contributed by atoms with Crippen molar-refractivity contribution in [2.75, 3.05) is 20.3 Å². The second-order valence-electron chi connectivity index (χ2n) is 5.60. The van der Waals surface area contributed by atoms with E-state index in [0.717, 1.165) is 16.9 Å². The predicted molar refractivity (Wildman–Crippen MR) is 95.7 cm³/mol. The fourth-order valence-electron chi connectivity index (χ4n) is 2.62. The fourth-order valence-corrected chi connectivity index (χ4v) is 2.62. The maximum atomic E-state index is 12.5. The maximum Gasteiger partial charge on any atom is 0.255 e. The van der Waals surface area contributed by atoms with E-state index >= 15 is 0 Å². The van der Waals surface area contributed by atoms with Gasteiger partial charge in [0.1, 0.15) is 18.2 Å². The summed E-state index contributed by atoms with van der Waals surface area (Å²) < 4.78 is 12.6. The molecule has 130 valence electrons. The van der Waals surface area contributed by atoms with Gasteiger partial charge in [0.05, 0.1) is 29.7 Å². The maximum absolute atomic E-state index is 12.5. The molecule has 0 saturated heterocycles. The average molecular weight is 339 g/mol. The van der Waals surface area contributed by atoms with Crippen LogP contribution in [0.3, 0.4) is 0 Å². The van der Waals surface area contributed by atoms with E-state index in [4.69, 9.17) is 9.47 Å². The molecule has 6 heteroatoms. The highest BCUT2D eigenvalue weighted by molar-refractivity contribution is 5.96. The highest BCUT2D eigenvalue weighted by Gasteiger charge is 2.13. The molecule has 0 radical (unpaired) electrons. The Balaban J connectivity index is 1.71. The number of amides is 1. The molecule has 0 fully saturated rings. The summed E-state index contributed by atoms with van der Waals surface area (Å²) in [5, 5.41) is 2.91. The second-order valence-corrected chi connectivity index (χ2v) is 5.60. The molecule has 0 aliphatic heterocycles. The number of carbonyl (C=O) groups is 1. The van der Waals surface area contributed by atoms with Gasteiger partial charge in [0.25, 0.3) is 5.91 Å². The Bertz CT molecular complexity index is 873. The van der Waals surface area contributed by atoms with Gasteiger partial charge in [0.15, 0.2) is 0 Å². The summed E-state index contributed by atoms with van der Waals surface area (Å²) in [6, 6.07) is 15.1. The Labute approximate surface area is 146 Å². The molecule has 0 aliphatic rings. The molecule has 1 amide bonds. The standard InChI is InChI=1S/C19H21N3O3/c1-22-16-9-5-4-8-15(16)21-18(22)13-20-19(23)14-7-3-6-10-17(14)25-12-11-24-2/h3-10H,11-13H2,1-2H3,(H,20,23). The zero-order valence-corrected chi connectivity index (χ0v) is 14.4. The lowest BCUT2D eigenvalue weighted by Gasteiger charge is -2.11. The van der Waals surface area contributed by atoms with Crippen molar-refractivity contribution in [3.05, 3.63) is 59.9 Å². The second kappa shape index (κ2) is 7.81. The van der Waals surface area contributed by atoms with Crippen molar-refractivity contribution in [3.8, 4) is 5.75 Å². The number of rotatable bonds is 7. The average Bonchev–Trinajstić information content (AvgIpc) is 2.96. The molecule has 1 N–H and O–H groups in total. The van der Waals surface area contributed by atoms with Gasteiger partial charge >= 0.3 is 0 Å². The van der Waals surface area contributed by atoms with Crippen molar-refractivity contribution < 1.29 is 14.3 Å². The molecule has 3 rings (SSSR count). The summed E-state index contributed by atoms with van der Waals surface area (Å²) >= 11 is 0. The Morgan fingerprint density at radius 2 is 1.88 bits per heavy atom. The minimum atomic E-state index is -0.194. The minimum Gasteiger partial charge on any atom is -0.490 e. The third kappa shape index (κ3) is 3.80. The Kier molecular flexibility index (Phi) is 5.30. The number of para-hydroxylation sites is 3. The van der Waals surface area contributed by atoms with Crippen LogP contribution in [0.25, 0.3) is 11.0 Å². The van der Waals surface area contributed by atoms with Gasteiger partial charge in [-0.05, 0) is 24.3 Å². The Hall–Kier alpha value is -2.86. The number of imidazole rings is 1.